The number of phenols is 1. The van der Waals surface area contributed by atoms with E-state index in [9.17, 15) is 14.7 Å². The van der Waals surface area contributed by atoms with Crippen molar-refractivity contribution in [3.8, 4) is 11.5 Å². The van der Waals surface area contributed by atoms with Crippen molar-refractivity contribution in [2.45, 2.75) is 13.0 Å². The van der Waals surface area contributed by atoms with Gasteiger partial charge in [0.05, 0.1) is 13.0 Å². The fourth-order valence-corrected chi connectivity index (χ4v) is 2.16. The van der Waals surface area contributed by atoms with E-state index in [0.717, 1.165) is 5.56 Å². The number of benzene rings is 1. The molecule has 1 aliphatic heterocycles. The number of rotatable bonds is 4. The van der Waals surface area contributed by atoms with E-state index < -0.39 is 11.9 Å². The zero-order valence-corrected chi connectivity index (χ0v) is 10.5. The molecule has 0 aromatic heterocycles. The molecule has 0 aliphatic carbocycles. The first kappa shape index (κ1) is 13.2. The van der Waals surface area contributed by atoms with Crippen LogP contribution in [0.1, 0.15) is 12.0 Å². The summed E-state index contributed by atoms with van der Waals surface area (Å²) in [5, 5.41) is 18.3. The minimum absolute atomic E-state index is 0.0374. The van der Waals surface area contributed by atoms with Gasteiger partial charge >= 0.3 is 5.97 Å². The van der Waals surface area contributed by atoms with Crippen LogP contribution >= 0.6 is 0 Å². The predicted octanol–water partition coefficient (Wildman–Crippen LogP) is 0.834. The highest BCUT2D eigenvalue weighted by atomic mass is 16.5. The van der Waals surface area contributed by atoms with Gasteiger partial charge in [-0.25, -0.2) is 0 Å². The Morgan fingerprint density at radius 3 is 2.84 bits per heavy atom. The van der Waals surface area contributed by atoms with Gasteiger partial charge in [-0.1, -0.05) is 0 Å². The maximum atomic E-state index is 11.7. The normalized spacial score (nSPS) is 18.7. The molecule has 0 bridgehead atoms. The summed E-state index contributed by atoms with van der Waals surface area (Å²) >= 11 is 0. The fourth-order valence-electron chi connectivity index (χ4n) is 2.16. The molecule has 0 radical (unpaired) electrons. The smallest absolute Gasteiger partial charge is 0.308 e. The maximum Gasteiger partial charge on any atom is 0.308 e. The Bertz CT molecular complexity index is 514. The lowest BCUT2D eigenvalue weighted by Crippen LogP contribution is -2.26. The van der Waals surface area contributed by atoms with E-state index in [1.165, 1.54) is 24.1 Å². The van der Waals surface area contributed by atoms with Gasteiger partial charge in [0.25, 0.3) is 0 Å². The van der Waals surface area contributed by atoms with E-state index in [1.807, 2.05) is 0 Å². The molecule has 102 valence electrons. The van der Waals surface area contributed by atoms with E-state index in [0.29, 0.717) is 5.75 Å². The standard InChI is InChI=1S/C13H15NO5/c1-19-11-5-10(15)3-2-8(11)6-14-7-9(13(17)18)4-12(14)16/h2-3,5,9,15H,4,6-7H2,1H3,(H,17,18)/t9-/m0/s1. The van der Waals surface area contributed by atoms with Gasteiger partial charge in [0, 0.05) is 31.1 Å². The molecule has 6 heteroatoms. The van der Waals surface area contributed by atoms with Crippen LogP contribution in [0.2, 0.25) is 0 Å². The molecular weight excluding hydrogens is 250 g/mol. The summed E-state index contributed by atoms with van der Waals surface area (Å²) in [7, 11) is 1.48. The number of carbonyl (C=O) groups is 2. The molecule has 1 aliphatic rings. The lowest BCUT2D eigenvalue weighted by molar-refractivity contribution is -0.141. The second-order valence-electron chi connectivity index (χ2n) is 4.51. The predicted molar refractivity (Wildman–Crippen MR) is 65.8 cm³/mol. The van der Waals surface area contributed by atoms with Gasteiger partial charge in [-0.05, 0) is 12.1 Å². The number of phenolic OH excluding ortho intramolecular Hbond substituents is 1. The van der Waals surface area contributed by atoms with Crippen molar-refractivity contribution in [2.75, 3.05) is 13.7 Å². The van der Waals surface area contributed by atoms with E-state index in [-0.39, 0.29) is 31.2 Å². The summed E-state index contributed by atoms with van der Waals surface area (Å²) < 4.78 is 5.13. The third-order valence-electron chi connectivity index (χ3n) is 3.20. The molecule has 19 heavy (non-hydrogen) atoms. The Labute approximate surface area is 110 Å². The van der Waals surface area contributed by atoms with Crippen LogP contribution in [0.3, 0.4) is 0 Å². The zero-order valence-electron chi connectivity index (χ0n) is 10.5. The summed E-state index contributed by atoms with van der Waals surface area (Å²) in [5.74, 6) is -1.21. The molecule has 1 aromatic rings. The van der Waals surface area contributed by atoms with Crippen molar-refractivity contribution in [3.63, 3.8) is 0 Å². The summed E-state index contributed by atoms with van der Waals surface area (Å²) in [4.78, 5) is 24.1. The molecule has 0 unspecified atom stereocenters. The highest BCUT2D eigenvalue weighted by Gasteiger charge is 2.34. The highest BCUT2D eigenvalue weighted by Crippen LogP contribution is 2.27. The minimum Gasteiger partial charge on any atom is -0.508 e. The number of nitrogens with zero attached hydrogens (tertiary/aromatic N) is 1. The second kappa shape index (κ2) is 5.17. The van der Waals surface area contributed by atoms with Crippen LogP contribution in [0.25, 0.3) is 0 Å². The number of likely N-dealkylation sites (tertiary alicyclic amines) is 1. The molecule has 2 N–H and O–H groups in total. The number of methoxy groups -OCH3 is 1. The first-order chi connectivity index (χ1) is 9.01. The molecule has 0 spiro atoms. The summed E-state index contributed by atoms with van der Waals surface area (Å²) in [5.41, 5.74) is 0.736. The van der Waals surface area contributed by atoms with Crippen LogP contribution in [0.5, 0.6) is 11.5 Å². The van der Waals surface area contributed by atoms with Crippen LogP contribution in [-0.2, 0) is 16.1 Å². The molecule has 2 rings (SSSR count). The van der Waals surface area contributed by atoms with E-state index >= 15 is 0 Å². The van der Waals surface area contributed by atoms with Crippen molar-refractivity contribution < 1.29 is 24.5 Å². The van der Waals surface area contributed by atoms with Crippen LogP contribution in [0, 0.1) is 5.92 Å². The third-order valence-corrected chi connectivity index (χ3v) is 3.20. The zero-order chi connectivity index (χ0) is 14.0. The van der Waals surface area contributed by atoms with Gasteiger partial charge in [0.15, 0.2) is 0 Å². The van der Waals surface area contributed by atoms with Crippen molar-refractivity contribution in [3.05, 3.63) is 23.8 Å². The number of amides is 1. The van der Waals surface area contributed by atoms with Crippen molar-refractivity contribution >= 4 is 11.9 Å². The summed E-state index contributed by atoms with van der Waals surface area (Å²) in [6, 6.07) is 4.63. The number of ether oxygens (including phenoxy) is 1. The van der Waals surface area contributed by atoms with Gasteiger partial charge in [-0.3, -0.25) is 9.59 Å². The number of carboxylic acid groups (broad SMARTS) is 1. The van der Waals surface area contributed by atoms with E-state index in [2.05, 4.69) is 0 Å². The first-order valence-corrected chi connectivity index (χ1v) is 5.87. The highest BCUT2D eigenvalue weighted by molar-refractivity contribution is 5.86. The van der Waals surface area contributed by atoms with Crippen molar-refractivity contribution in [1.82, 2.24) is 4.90 Å². The Balaban J connectivity index is 2.13. The van der Waals surface area contributed by atoms with Crippen LogP contribution in [0.15, 0.2) is 18.2 Å². The molecule has 1 fully saturated rings. The maximum absolute atomic E-state index is 11.7. The van der Waals surface area contributed by atoms with Gasteiger partial charge in [0.1, 0.15) is 11.5 Å². The van der Waals surface area contributed by atoms with Crippen LogP contribution in [0.4, 0.5) is 0 Å². The van der Waals surface area contributed by atoms with Crippen LogP contribution < -0.4 is 4.74 Å². The van der Waals surface area contributed by atoms with Crippen molar-refractivity contribution in [1.29, 1.82) is 0 Å². The number of aromatic hydroxyl groups is 1. The summed E-state index contributed by atoms with van der Waals surface area (Å²) in [6.45, 7) is 0.490. The number of hydrogen-bond acceptors (Lipinski definition) is 4. The SMILES string of the molecule is COc1cc(O)ccc1CN1C[C@@H](C(=O)O)CC1=O. The largest absolute Gasteiger partial charge is 0.508 e. The third kappa shape index (κ3) is 2.78. The van der Waals surface area contributed by atoms with Crippen molar-refractivity contribution in [2.24, 2.45) is 5.92 Å². The lowest BCUT2D eigenvalue weighted by atomic mass is 10.1. The van der Waals surface area contributed by atoms with Gasteiger partial charge in [-0.15, -0.1) is 0 Å². The minimum atomic E-state index is -0.950. The number of carbonyl (C=O) groups excluding carboxylic acids is 1. The molecule has 1 aromatic carbocycles. The van der Waals surface area contributed by atoms with E-state index in [4.69, 9.17) is 9.84 Å². The Hall–Kier alpha value is -2.24. The Morgan fingerprint density at radius 2 is 2.26 bits per heavy atom. The van der Waals surface area contributed by atoms with Gasteiger partial charge in [0.2, 0.25) is 5.91 Å². The van der Waals surface area contributed by atoms with Crippen LogP contribution in [-0.4, -0.2) is 40.6 Å². The topological polar surface area (TPSA) is 87.1 Å². The fraction of sp³-hybridized carbons (Fsp3) is 0.385. The molecule has 1 saturated heterocycles. The molecule has 1 atom stereocenters. The average Bonchev–Trinajstić information content (AvgIpc) is 2.73. The van der Waals surface area contributed by atoms with Gasteiger partial charge < -0.3 is 19.8 Å². The quantitative estimate of drug-likeness (QED) is 0.842. The van der Waals surface area contributed by atoms with E-state index in [1.54, 1.807) is 6.07 Å². The molecule has 0 saturated carbocycles. The van der Waals surface area contributed by atoms with Gasteiger partial charge in [-0.2, -0.15) is 0 Å². The summed E-state index contributed by atoms with van der Waals surface area (Å²) in [6.07, 6.45) is 0.0374. The molecular formula is C13H15NO5. The monoisotopic (exact) mass is 265 g/mol. The number of aliphatic carboxylic acids is 1. The lowest BCUT2D eigenvalue weighted by Gasteiger charge is -2.18. The first-order valence-electron chi connectivity index (χ1n) is 5.87. The Morgan fingerprint density at radius 1 is 1.53 bits per heavy atom. The average molecular weight is 265 g/mol. The second-order valence-corrected chi connectivity index (χ2v) is 4.51. The number of carboxylic acids is 1. The Kier molecular flexibility index (Phi) is 3.59. The molecule has 1 amide bonds. The molecule has 6 nitrogen and oxygen atoms in total. The number of hydrogen-bond donors (Lipinski definition) is 2. The molecule has 1 heterocycles.